The lowest BCUT2D eigenvalue weighted by Gasteiger charge is -2.12. The minimum atomic E-state index is -3.70. The summed E-state index contributed by atoms with van der Waals surface area (Å²) in [6.45, 7) is 0.142. The molecule has 1 saturated heterocycles. The fraction of sp³-hybridized carbons (Fsp3) is 0.316. The van der Waals surface area contributed by atoms with Gasteiger partial charge in [0.25, 0.3) is 5.91 Å². The van der Waals surface area contributed by atoms with Crippen molar-refractivity contribution < 1.29 is 27.5 Å². The number of fused-ring (bicyclic) bond motifs is 1. The Morgan fingerprint density at radius 2 is 1.90 bits per heavy atom. The molecular weight excluding hydrogens is 398 g/mol. The van der Waals surface area contributed by atoms with Gasteiger partial charge in [0.2, 0.25) is 10.0 Å². The largest absolute Gasteiger partial charge is 0.456 e. The number of benzene rings is 2. The summed E-state index contributed by atoms with van der Waals surface area (Å²) >= 11 is 0. The maximum Gasteiger partial charge on any atom is 0.324 e. The molecule has 0 saturated carbocycles. The fourth-order valence-corrected chi connectivity index (χ4v) is 3.97. The average Bonchev–Trinajstić information content (AvgIpc) is 3.15. The molecule has 0 atom stereocenters. The number of nitrogens with zero attached hydrogens (tertiary/aromatic N) is 1. The Balaban J connectivity index is 1.42. The standard InChI is InChI=1S/C19H21N3O6S/c23-17(22-11-10-20-19(22)25)13-28-18(24)6-3-9-21-29(26,27)16-8-7-14-4-1-2-5-15(14)12-16/h1-2,4-5,7-8,12,21H,3,6,9-11,13H2,(H,20,25). The second-order valence-corrected chi connectivity index (χ2v) is 8.22. The van der Waals surface area contributed by atoms with Gasteiger partial charge < -0.3 is 10.1 Å². The molecule has 3 rings (SSSR count). The molecule has 2 N–H and O–H groups in total. The first-order valence-corrected chi connectivity index (χ1v) is 10.6. The molecule has 0 unspecified atom stereocenters. The number of carbonyl (C=O) groups excluding carboxylic acids is 3. The van der Waals surface area contributed by atoms with Crippen LogP contribution in [-0.4, -0.2) is 57.5 Å². The number of nitrogens with one attached hydrogen (secondary N) is 2. The van der Waals surface area contributed by atoms with Crippen LogP contribution in [0, 0.1) is 0 Å². The third kappa shape index (κ3) is 5.30. The number of esters is 1. The number of ether oxygens (including phenoxy) is 1. The van der Waals surface area contributed by atoms with Gasteiger partial charge in [0.05, 0.1) is 4.90 Å². The maximum atomic E-state index is 12.4. The van der Waals surface area contributed by atoms with Crippen LogP contribution >= 0.6 is 0 Å². The van der Waals surface area contributed by atoms with Crippen LogP contribution in [-0.2, 0) is 24.3 Å². The van der Waals surface area contributed by atoms with E-state index in [-0.39, 0.29) is 30.8 Å². The highest BCUT2D eigenvalue weighted by atomic mass is 32.2. The van der Waals surface area contributed by atoms with E-state index in [4.69, 9.17) is 4.74 Å². The summed E-state index contributed by atoms with van der Waals surface area (Å²) in [6.07, 6.45) is 0.157. The monoisotopic (exact) mass is 419 g/mol. The lowest BCUT2D eigenvalue weighted by Crippen LogP contribution is -2.37. The van der Waals surface area contributed by atoms with Crippen LogP contribution in [0.25, 0.3) is 10.8 Å². The highest BCUT2D eigenvalue weighted by Crippen LogP contribution is 2.18. The Bertz CT molecular complexity index is 1040. The average molecular weight is 419 g/mol. The van der Waals surface area contributed by atoms with Gasteiger partial charge in [-0.05, 0) is 29.3 Å². The molecule has 29 heavy (non-hydrogen) atoms. The summed E-state index contributed by atoms with van der Waals surface area (Å²) in [5.41, 5.74) is 0. The summed E-state index contributed by atoms with van der Waals surface area (Å²) in [5, 5.41) is 4.23. The van der Waals surface area contributed by atoms with Crippen molar-refractivity contribution >= 4 is 38.7 Å². The van der Waals surface area contributed by atoms with Crippen molar-refractivity contribution in [1.82, 2.24) is 14.9 Å². The van der Waals surface area contributed by atoms with E-state index in [9.17, 15) is 22.8 Å². The molecule has 3 amide bonds. The first-order chi connectivity index (χ1) is 13.9. The van der Waals surface area contributed by atoms with E-state index in [1.807, 2.05) is 24.3 Å². The second kappa shape index (κ2) is 9.01. The number of carbonyl (C=O) groups is 3. The van der Waals surface area contributed by atoms with E-state index in [0.29, 0.717) is 6.54 Å². The van der Waals surface area contributed by atoms with Crippen LogP contribution in [0.2, 0.25) is 0 Å². The zero-order valence-corrected chi connectivity index (χ0v) is 16.4. The number of amides is 3. The van der Waals surface area contributed by atoms with Gasteiger partial charge in [-0.3, -0.25) is 14.5 Å². The normalized spacial score (nSPS) is 14.1. The first kappa shape index (κ1) is 20.7. The minimum absolute atomic E-state index is 0.0484. The van der Waals surface area contributed by atoms with Crippen LogP contribution in [0.1, 0.15) is 12.8 Å². The number of hydrogen-bond acceptors (Lipinski definition) is 6. The van der Waals surface area contributed by atoms with E-state index in [2.05, 4.69) is 10.0 Å². The van der Waals surface area contributed by atoms with Gasteiger partial charge in [-0.1, -0.05) is 30.3 Å². The number of imide groups is 1. The smallest absolute Gasteiger partial charge is 0.324 e. The van der Waals surface area contributed by atoms with Crippen molar-refractivity contribution in [2.24, 2.45) is 0 Å². The van der Waals surface area contributed by atoms with Crippen molar-refractivity contribution in [2.45, 2.75) is 17.7 Å². The summed E-state index contributed by atoms with van der Waals surface area (Å²) < 4.78 is 32.1. The van der Waals surface area contributed by atoms with Crippen molar-refractivity contribution in [3.63, 3.8) is 0 Å². The molecule has 0 aliphatic carbocycles. The zero-order valence-electron chi connectivity index (χ0n) is 15.6. The van der Waals surface area contributed by atoms with Gasteiger partial charge in [-0.15, -0.1) is 0 Å². The predicted molar refractivity (Wildman–Crippen MR) is 104 cm³/mol. The molecule has 0 radical (unpaired) electrons. The van der Waals surface area contributed by atoms with Crippen LogP contribution in [0.4, 0.5) is 4.79 Å². The van der Waals surface area contributed by atoms with E-state index >= 15 is 0 Å². The SMILES string of the molecule is O=C(CCCNS(=O)(=O)c1ccc2ccccc2c1)OCC(=O)N1CCNC1=O. The third-order valence-electron chi connectivity index (χ3n) is 4.40. The van der Waals surface area contributed by atoms with E-state index < -0.39 is 34.5 Å². The van der Waals surface area contributed by atoms with Gasteiger partial charge in [-0.25, -0.2) is 17.9 Å². The van der Waals surface area contributed by atoms with Crippen molar-refractivity contribution in [3.05, 3.63) is 42.5 Å². The third-order valence-corrected chi connectivity index (χ3v) is 5.85. The van der Waals surface area contributed by atoms with Crippen molar-refractivity contribution in [3.8, 4) is 0 Å². The molecule has 0 spiro atoms. The molecule has 154 valence electrons. The Labute approximate surface area is 168 Å². The van der Waals surface area contributed by atoms with Crippen molar-refractivity contribution in [1.29, 1.82) is 0 Å². The summed E-state index contributed by atoms with van der Waals surface area (Å²) in [7, 11) is -3.70. The van der Waals surface area contributed by atoms with Gasteiger partial charge >= 0.3 is 12.0 Å². The number of rotatable bonds is 8. The molecular formula is C19H21N3O6S. The summed E-state index contributed by atoms with van der Waals surface area (Å²) in [6, 6.07) is 11.8. The molecule has 0 bridgehead atoms. The van der Waals surface area contributed by atoms with E-state index in [0.717, 1.165) is 15.7 Å². The van der Waals surface area contributed by atoms with Crippen LogP contribution in [0.3, 0.4) is 0 Å². The molecule has 1 heterocycles. The lowest BCUT2D eigenvalue weighted by molar-refractivity contribution is -0.150. The fourth-order valence-electron chi connectivity index (χ4n) is 2.86. The summed E-state index contributed by atoms with van der Waals surface area (Å²) in [4.78, 5) is 35.9. The Morgan fingerprint density at radius 3 is 2.62 bits per heavy atom. The van der Waals surface area contributed by atoms with Gasteiger partial charge in [0.15, 0.2) is 6.61 Å². The first-order valence-electron chi connectivity index (χ1n) is 9.09. The molecule has 2 aromatic rings. The topological polar surface area (TPSA) is 122 Å². The Hall–Kier alpha value is -2.98. The van der Waals surface area contributed by atoms with E-state index in [1.54, 1.807) is 12.1 Å². The molecule has 9 nitrogen and oxygen atoms in total. The number of sulfonamides is 1. The highest BCUT2D eigenvalue weighted by molar-refractivity contribution is 7.89. The van der Waals surface area contributed by atoms with Crippen molar-refractivity contribution in [2.75, 3.05) is 26.2 Å². The van der Waals surface area contributed by atoms with E-state index in [1.165, 1.54) is 6.07 Å². The Morgan fingerprint density at radius 1 is 1.14 bits per heavy atom. The maximum absolute atomic E-state index is 12.4. The zero-order chi connectivity index (χ0) is 20.9. The number of hydrogen-bond donors (Lipinski definition) is 2. The summed E-state index contributed by atoms with van der Waals surface area (Å²) in [5.74, 6) is -1.23. The van der Waals surface area contributed by atoms with Gasteiger partial charge in [0.1, 0.15) is 0 Å². The molecule has 1 fully saturated rings. The predicted octanol–water partition coefficient (Wildman–Crippen LogP) is 0.993. The van der Waals surface area contributed by atoms with Gasteiger partial charge in [-0.2, -0.15) is 0 Å². The van der Waals surface area contributed by atoms with Crippen LogP contribution in [0.5, 0.6) is 0 Å². The number of urea groups is 1. The van der Waals surface area contributed by atoms with Crippen LogP contribution < -0.4 is 10.0 Å². The highest BCUT2D eigenvalue weighted by Gasteiger charge is 2.26. The minimum Gasteiger partial charge on any atom is -0.456 e. The molecule has 2 aromatic carbocycles. The van der Waals surface area contributed by atoms with Crippen LogP contribution in [0.15, 0.2) is 47.4 Å². The second-order valence-electron chi connectivity index (χ2n) is 6.45. The molecule has 0 aromatic heterocycles. The quantitative estimate of drug-likeness (QED) is 0.486. The molecule has 1 aliphatic rings. The Kier molecular flexibility index (Phi) is 6.45. The molecule has 10 heteroatoms. The van der Waals surface area contributed by atoms with Gasteiger partial charge in [0, 0.05) is 26.1 Å². The lowest BCUT2D eigenvalue weighted by atomic mass is 10.1. The molecule has 1 aliphatic heterocycles.